The minimum absolute atomic E-state index is 0.0716. The molecular formula is C23H28FN5O8. The van der Waals surface area contributed by atoms with E-state index >= 15 is 0 Å². The van der Waals surface area contributed by atoms with Gasteiger partial charge in [0.2, 0.25) is 11.8 Å². The van der Waals surface area contributed by atoms with Crippen LogP contribution in [0.4, 0.5) is 4.39 Å². The van der Waals surface area contributed by atoms with Crippen LogP contribution < -0.4 is 10.6 Å². The number of amides is 2. The van der Waals surface area contributed by atoms with Gasteiger partial charge in [-0.15, -0.1) is 5.10 Å². The quantitative estimate of drug-likeness (QED) is 0.207. The van der Waals surface area contributed by atoms with E-state index in [-0.39, 0.29) is 19.3 Å². The second kappa shape index (κ2) is 14.3. The Kier molecular flexibility index (Phi) is 11.1. The van der Waals surface area contributed by atoms with Gasteiger partial charge in [0.15, 0.2) is 0 Å². The molecule has 1 aromatic heterocycles. The molecule has 2 amide bonds. The summed E-state index contributed by atoms with van der Waals surface area (Å²) in [4.78, 5) is 57.7. The van der Waals surface area contributed by atoms with Gasteiger partial charge in [-0.05, 0) is 43.4 Å². The maximum absolute atomic E-state index is 12.3. The number of nitrogens with one attached hydrogen (secondary N) is 2. The average molecular weight is 522 g/mol. The van der Waals surface area contributed by atoms with Crippen molar-refractivity contribution >= 4 is 29.7 Å². The van der Waals surface area contributed by atoms with Crippen molar-refractivity contribution in [2.24, 2.45) is 0 Å². The van der Waals surface area contributed by atoms with Gasteiger partial charge in [-0.1, -0.05) is 17.3 Å². The number of nitrogens with zero attached hydrogens (tertiary/aromatic N) is 3. The number of carboxylic acid groups (broad SMARTS) is 3. The largest absolute Gasteiger partial charge is 0.481 e. The van der Waals surface area contributed by atoms with Crippen molar-refractivity contribution in [1.82, 2.24) is 25.6 Å². The van der Waals surface area contributed by atoms with Crippen LogP contribution in [0.1, 0.15) is 43.4 Å². The summed E-state index contributed by atoms with van der Waals surface area (Å²) in [6, 6.07) is 3.94. The number of hydrogen-bond donors (Lipinski definition) is 5. The molecule has 0 aliphatic carbocycles. The van der Waals surface area contributed by atoms with Crippen LogP contribution in [0, 0.1) is 0 Å². The van der Waals surface area contributed by atoms with Crippen LogP contribution in [0.2, 0.25) is 0 Å². The Bertz CT molecular complexity index is 1100. The molecule has 5 N–H and O–H groups in total. The molecule has 2 rings (SSSR count). The second-order valence-corrected chi connectivity index (χ2v) is 8.17. The molecule has 0 saturated heterocycles. The minimum Gasteiger partial charge on any atom is -0.481 e. The van der Waals surface area contributed by atoms with Crippen molar-refractivity contribution in [3.63, 3.8) is 0 Å². The molecule has 0 bridgehead atoms. The zero-order chi connectivity index (χ0) is 27.4. The van der Waals surface area contributed by atoms with Crippen LogP contribution in [0.25, 0.3) is 5.69 Å². The van der Waals surface area contributed by atoms with E-state index in [0.717, 1.165) is 5.56 Å². The molecule has 37 heavy (non-hydrogen) atoms. The van der Waals surface area contributed by atoms with Crippen molar-refractivity contribution in [2.75, 3.05) is 6.67 Å². The number of halogens is 1. The number of carboxylic acids is 3. The first-order chi connectivity index (χ1) is 17.6. The minimum atomic E-state index is -1.59. The van der Waals surface area contributed by atoms with Crippen LogP contribution in [-0.2, 0) is 36.8 Å². The zero-order valence-corrected chi connectivity index (χ0v) is 19.8. The molecule has 0 aliphatic heterocycles. The molecule has 2 aromatic rings. The maximum atomic E-state index is 12.3. The summed E-state index contributed by atoms with van der Waals surface area (Å²) in [6.45, 7) is -0.435. The van der Waals surface area contributed by atoms with Gasteiger partial charge < -0.3 is 26.0 Å². The molecule has 14 heteroatoms. The van der Waals surface area contributed by atoms with Crippen molar-refractivity contribution in [3.05, 3.63) is 41.7 Å². The molecule has 0 spiro atoms. The number of aryl methyl sites for hydroxylation is 2. The first-order valence-electron chi connectivity index (χ1n) is 11.4. The lowest BCUT2D eigenvalue weighted by Gasteiger charge is -2.17. The van der Waals surface area contributed by atoms with Crippen molar-refractivity contribution < 1.29 is 43.7 Å². The maximum Gasteiger partial charge on any atom is 0.326 e. The summed E-state index contributed by atoms with van der Waals surface area (Å²) in [5.74, 6) is -5.77. The van der Waals surface area contributed by atoms with Gasteiger partial charge in [-0.3, -0.25) is 18.8 Å². The van der Waals surface area contributed by atoms with Gasteiger partial charge in [-0.2, -0.15) is 0 Å². The predicted molar refractivity (Wildman–Crippen MR) is 125 cm³/mol. The van der Waals surface area contributed by atoms with E-state index in [9.17, 15) is 33.5 Å². The number of rotatable bonds is 16. The molecule has 1 heterocycles. The molecule has 0 radical (unpaired) electrons. The van der Waals surface area contributed by atoms with E-state index in [2.05, 4.69) is 20.9 Å². The third-order valence-electron chi connectivity index (χ3n) is 5.25. The van der Waals surface area contributed by atoms with Crippen molar-refractivity contribution in [2.45, 2.75) is 57.0 Å². The predicted octanol–water partition coefficient (Wildman–Crippen LogP) is 0.496. The number of aliphatic carboxylic acids is 3. The van der Waals surface area contributed by atoms with Crippen LogP contribution in [0.5, 0.6) is 0 Å². The molecule has 0 aliphatic rings. The number of benzene rings is 1. The standard InChI is InChI=1S/C23H28FN5O8/c24-11-1-2-15-13-29(28-27-15)16-6-3-14(4-7-16)5-9-19(30)26-18(23(36)37)12-20(31)25-17(22(34)35)8-10-21(32)33/h3-4,6-7,13,17-18H,1-2,5,8-12H2,(H,25,31)(H,26,30)(H,32,33)(H,34,35)(H,36,37). The Morgan fingerprint density at radius 3 is 2.14 bits per heavy atom. The lowest BCUT2D eigenvalue weighted by atomic mass is 10.1. The molecule has 2 atom stereocenters. The van der Waals surface area contributed by atoms with Crippen molar-refractivity contribution in [1.29, 1.82) is 0 Å². The molecule has 2 unspecified atom stereocenters. The molecule has 1 aromatic carbocycles. The molecule has 200 valence electrons. The topological polar surface area (TPSA) is 201 Å². The smallest absolute Gasteiger partial charge is 0.326 e. The van der Waals surface area contributed by atoms with E-state index in [1.165, 1.54) is 0 Å². The van der Waals surface area contributed by atoms with Crippen molar-refractivity contribution in [3.8, 4) is 5.69 Å². The summed E-state index contributed by atoms with van der Waals surface area (Å²) in [5, 5.41) is 39.4. The van der Waals surface area contributed by atoms with Crippen LogP contribution >= 0.6 is 0 Å². The van der Waals surface area contributed by atoms with Crippen LogP contribution in [-0.4, -0.2) is 78.8 Å². The first kappa shape index (κ1) is 28.9. The molecule has 13 nitrogen and oxygen atoms in total. The monoisotopic (exact) mass is 521 g/mol. The Balaban J connectivity index is 1.86. The highest BCUT2D eigenvalue weighted by Gasteiger charge is 2.26. The highest BCUT2D eigenvalue weighted by atomic mass is 19.1. The van der Waals surface area contributed by atoms with E-state index in [0.29, 0.717) is 24.2 Å². The number of aromatic nitrogens is 3. The van der Waals surface area contributed by atoms with E-state index in [1.54, 1.807) is 35.1 Å². The Hall–Kier alpha value is -4.36. The number of carbonyl (C=O) groups is 5. The normalized spacial score (nSPS) is 12.4. The first-order valence-corrected chi connectivity index (χ1v) is 11.4. The van der Waals surface area contributed by atoms with Crippen LogP contribution in [0.3, 0.4) is 0 Å². The van der Waals surface area contributed by atoms with Gasteiger partial charge in [0.1, 0.15) is 12.1 Å². The SMILES string of the molecule is O=C(O)CCC(NC(=O)CC(NC(=O)CCc1ccc(-n2cc(CCCF)nn2)cc1)C(=O)O)C(=O)O. The van der Waals surface area contributed by atoms with Crippen LogP contribution in [0.15, 0.2) is 30.5 Å². The Morgan fingerprint density at radius 2 is 1.54 bits per heavy atom. The fourth-order valence-corrected chi connectivity index (χ4v) is 3.29. The highest BCUT2D eigenvalue weighted by Crippen LogP contribution is 2.12. The van der Waals surface area contributed by atoms with Gasteiger partial charge >= 0.3 is 17.9 Å². The van der Waals surface area contributed by atoms with E-state index < -0.39 is 61.3 Å². The summed E-state index contributed by atoms with van der Waals surface area (Å²) in [6.07, 6.45) is 1.14. The fraction of sp³-hybridized carbons (Fsp3) is 0.435. The third-order valence-corrected chi connectivity index (χ3v) is 5.25. The lowest BCUT2D eigenvalue weighted by molar-refractivity contribution is -0.145. The summed E-state index contributed by atoms with van der Waals surface area (Å²) < 4.78 is 13.8. The van der Waals surface area contributed by atoms with Gasteiger partial charge in [-0.25, -0.2) is 14.3 Å². The molecule has 0 fully saturated rings. The highest BCUT2D eigenvalue weighted by molar-refractivity contribution is 5.90. The number of alkyl halides is 1. The van der Waals surface area contributed by atoms with E-state index in [4.69, 9.17) is 10.2 Å². The molecule has 0 saturated carbocycles. The van der Waals surface area contributed by atoms with Gasteiger partial charge in [0.05, 0.1) is 30.7 Å². The Morgan fingerprint density at radius 1 is 0.892 bits per heavy atom. The number of hydrogen-bond acceptors (Lipinski definition) is 7. The second-order valence-electron chi connectivity index (χ2n) is 8.17. The zero-order valence-electron chi connectivity index (χ0n) is 19.8. The summed E-state index contributed by atoms with van der Waals surface area (Å²) in [7, 11) is 0. The number of carbonyl (C=O) groups excluding carboxylic acids is 2. The van der Waals surface area contributed by atoms with Gasteiger partial charge in [0, 0.05) is 12.8 Å². The summed E-state index contributed by atoms with van der Waals surface area (Å²) >= 11 is 0. The van der Waals surface area contributed by atoms with Gasteiger partial charge in [0.25, 0.3) is 0 Å². The Labute approximate surface area is 210 Å². The van der Waals surface area contributed by atoms with E-state index in [1.807, 2.05) is 0 Å². The lowest BCUT2D eigenvalue weighted by Crippen LogP contribution is -2.47. The molecular weight excluding hydrogens is 493 g/mol. The third kappa shape index (κ3) is 10.0. The fourth-order valence-electron chi connectivity index (χ4n) is 3.29. The summed E-state index contributed by atoms with van der Waals surface area (Å²) in [5.41, 5.74) is 2.16. The average Bonchev–Trinajstić information content (AvgIpc) is 3.32.